The molecule has 1 N–H and O–H groups in total. The highest BCUT2D eigenvalue weighted by Crippen LogP contribution is 2.07. The van der Waals surface area contributed by atoms with Gasteiger partial charge in [-0.05, 0) is 31.3 Å². The summed E-state index contributed by atoms with van der Waals surface area (Å²) in [4.78, 5) is 15.6. The van der Waals surface area contributed by atoms with Gasteiger partial charge in [0.05, 0.1) is 24.9 Å². The molecule has 2 heterocycles. The van der Waals surface area contributed by atoms with Crippen LogP contribution in [0.15, 0.2) is 36.7 Å². The van der Waals surface area contributed by atoms with Crippen LogP contribution in [-0.2, 0) is 17.8 Å². The summed E-state index contributed by atoms with van der Waals surface area (Å²) in [6.07, 6.45) is 3.56. The average molecular weight is 259 g/mol. The zero-order valence-electron chi connectivity index (χ0n) is 11.1. The standard InChI is InChI=1S/C14H17N3O2/c1-15-9-13-4-3-7-17(13)10-12-6-5-11(8-16-12)14(18)19-2/h3-8,15H,9-10H2,1-2H3. The van der Waals surface area contributed by atoms with E-state index in [9.17, 15) is 4.79 Å². The molecule has 19 heavy (non-hydrogen) atoms. The van der Waals surface area contributed by atoms with E-state index in [0.717, 1.165) is 12.2 Å². The summed E-state index contributed by atoms with van der Waals surface area (Å²) >= 11 is 0. The number of esters is 1. The van der Waals surface area contributed by atoms with Crippen LogP contribution in [0.1, 0.15) is 21.7 Å². The molecule has 0 aliphatic carbocycles. The number of methoxy groups -OCH3 is 1. The van der Waals surface area contributed by atoms with Crippen molar-refractivity contribution in [2.45, 2.75) is 13.1 Å². The number of carbonyl (C=O) groups excluding carboxylic acids is 1. The zero-order valence-corrected chi connectivity index (χ0v) is 11.1. The van der Waals surface area contributed by atoms with Crippen LogP contribution in [0.5, 0.6) is 0 Å². The highest BCUT2D eigenvalue weighted by molar-refractivity contribution is 5.88. The number of ether oxygens (including phenoxy) is 1. The van der Waals surface area contributed by atoms with Gasteiger partial charge in [0.1, 0.15) is 0 Å². The Balaban J connectivity index is 2.11. The normalized spacial score (nSPS) is 10.4. The lowest BCUT2D eigenvalue weighted by Gasteiger charge is -2.08. The Morgan fingerprint density at radius 3 is 2.89 bits per heavy atom. The van der Waals surface area contributed by atoms with E-state index in [2.05, 4.69) is 25.7 Å². The predicted molar refractivity (Wildman–Crippen MR) is 71.9 cm³/mol. The van der Waals surface area contributed by atoms with E-state index in [4.69, 9.17) is 0 Å². The van der Waals surface area contributed by atoms with Crippen molar-refractivity contribution in [1.82, 2.24) is 14.9 Å². The second kappa shape index (κ2) is 6.15. The predicted octanol–water partition coefficient (Wildman–Crippen LogP) is 1.44. The molecular weight excluding hydrogens is 242 g/mol. The van der Waals surface area contributed by atoms with Gasteiger partial charge in [0.25, 0.3) is 0 Å². The summed E-state index contributed by atoms with van der Waals surface area (Å²) in [5, 5.41) is 3.13. The van der Waals surface area contributed by atoms with Crippen molar-refractivity contribution in [3.63, 3.8) is 0 Å². The molecule has 0 atom stereocenters. The monoisotopic (exact) mass is 259 g/mol. The van der Waals surface area contributed by atoms with E-state index < -0.39 is 0 Å². The smallest absolute Gasteiger partial charge is 0.339 e. The van der Waals surface area contributed by atoms with Crippen molar-refractivity contribution in [1.29, 1.82) is 0 Å². The fourth-order valence-electron chi connectivity index (χ4n) is 1.88. The fourth-order valence-corrected chi connectivity index (χ4v) is 1.88. The van der Waals surface area contributed by atoms with Gasteiger partial charge in [-0.1, -0.05) is 0 Å². The zero-order chi connectivity index (χ0) is 13.7. The highest BCUT2D eigenvalue weighted by atomic mass is 16.5. The van der Waals surface area contributed by atoms with Gasteiger partial charge in [-0.25, -0.2) is 4.79 Å². The highest BCUT2D eigenvalue weighted by Gasteiger charge is 2.06. The number of carbonyl (C=O) groups is 1. The van der Waals surface area contributed by atoms with E-state index in [1.807, 2.05) is 25.4 Å². The van der Waals surface area contributed by atoms with Crippen LogP contribution in [0.25, 0.3) is 0 Å². The molecular formula is C14H17N3O2. The van der Waals surface area contributed by atoms with Crippen LogP contribution in [-0.4, -0.2) is 29.7 Å². The third-order valence-electron chi connectivity index (χ3n) is 2.86. The molecule has 5 heteroatoms. The van der Waals surface area contributed by atoms with E-state index in [1.54, 1.807) is 12.3 Å². The first kappa shape index (κ1) is 13.3. The van der Waals surface area contributed by atoms with Gasteiger partial charge in [0.15, 0.2) is 0 Å². The summed E-state index contributed by atoms with van der Waals surface area (Å²) < 4.78 is 6.76. The molecule has 2 rings (SSSR count). The van der Waals surface area contributed by atoms with Crippen LogP contribution < -0.4 is 5.32 Å². The molecule has 0 aliphatic rings. The van der Waals surface area contributed by atoms with Gasteiger partial charge in [0, 0.05) is 24.6 Å². The van der Waals surface area contributed by atoms with Crippen molar-refractivity contribution in [2.24, 2.45) is 0 Å². The number of pyridine rings is 1. The lowest BCUT2D eigenvalue weighted by molar-refractivity contribution is 0.0600. The summed E-state index contributed by atoms with van der Waals surface area (Å²) in [5.74, 6) is -0.365. The summed E-state index contributed by atoms with van der Waals surface area (Å²) in [7, 11) is 3.28. The second-order valence-corrected chi connectivity index (χ2v) is 4.19. The van der Waals surface area contributed by atoms with Crippen LogP contribution >= 0.6 is 0 Å². The Hall–Kier alpha value is -2.14. The molecule has 5 nitrogen and oxygen atoms in total. The molecule has 2 aromatic rings. The molecule has 0 unspecified atom stereocenters. The van der Waals surface area contributed by atoms with Crippen molar-refractivity contribution >= 4 is 5.97 Å². The lowest BCUT2D eigenvalue weighted by Crippen LogP contribution is -2.12. The number of rotatable bonds is 5. The Morgan fingerprint density at radius 2 is 2.26 bits per heavy atom. The molecule has 0 saturated heterocycles. The Kier molecular flexibility index (Phi) is 4.30. The molecule has 0 radical (unpaired) electrons. The van der Waals surface area contributed by atoms with Gasteiger partial charge in [0.2, 0.25) is 0 Å². The third-order valence-corrected chi connectivity index (χ3v) is 2.86. The van der Waals surface area contributed by atoms with Crippen molar-refractivity contribution in [3.05, 3.63) is 53.6 Å². The number of hydrogen-bond acceptors (Lipinski definition) is 4. The maximum atomic E-state index is 11.3. The molecule has 0 fully saturated rings. The quantitative estimate of drug-likeness (QED) is 0.825. The van der Waals surface area contributed by atoms with Crippen LogP contribution in [0, 0.1) is 0 Å². The lowest BCUT2D eigenvalue weighted by atomic mass is 10.2. The van der Waals surface area contributed by atoms with Crippen molar-refractivity contribution in [3.8, 4) is 0 Å². The molecule has 0 saturated carbocycles. The van der Waals surface area contributed by atoms with E-state index in [1.165, 1.54) is 12.8 Å². The first-order valence-corrected chi connectivity index (χ1v) is 6.06. The molecule has 100 valence electrons. The first-order chi connectivity index (χ1) is 9.24. The minimum absolute atomic E-state index is 0.365. The van der Waals surface area contributed by atoms with Crippen LogP contribution in [0.3, 0.4) is 0 Å². The average Bonchev–Trinajstić information content (AvgIpc) is 2.86. The molecule has 0 aromatic carbocycles. The van der Waals surface area contributed by atoms with Crippen LogP contribution in [0.2, 0.25) is 0 Å². The molecule has 0 amide bonds. The largest absolute Gasteiger partial charge is 0.465 e. The van der Waals surface area contributed by atoms with Gasteiger partial charge < -0.3 is 14.6 Å². The molecule has 0 aliphatic heterocycles. The van der Waals surface area contributed by atoms with Gasteiger partial charge in [-0.15, -0.1) is 0 Å². The second-order valence-electron chi connectivity index (χ2n) is 4.19. The third kappa shape index (κ3) is 3.20. The summed E-state index contributed by atoms with van der Waals surface area (Å²) in [6.45, 7) is 1.50. The maximum Gasteiger partial charge on any atom is 0.339 e. The minimum Gasteiger partial charge on any atom is -0.465 e. The number of hydrogen-bond donors (Lipinski definition) is 1. The summed E-state index contributed by atoms with van der Waals surface area (Å²) in [6, 6.07) is 7.65. The number of aromatic nitrogens is 2. The van der Waals surface area contributed by atoms with E-state index >= 15 is 0 Å². The van der Waals surface area contributed by atoms with Gasteiger partial charge >= 0.3 is 5.97 Å². The molecule has 2 aromatic heterocycles. The molecule has 0 spiro atoms. The van der Waals surface area contributed by atoms with Gasteiger partial charge in [-0.3, -0.25) is 4.98 Å². The van der Waals surface area contributed by atoms with E-state index in [-0.39, 0.29) is 5.97 Å². The number of nitrogens with zero attached hydrogens (tertiary/aromatic N) is 2. The Labute approximate surface area is 112 Å². The van der Waals surface area contributed by atoms with E-state index in [0.29, 0.717) is 12.1 Å². The Morgan fingerprint density at radius 1 is 1.42 bits per heavy atom. The van der Waals surface area contributed by atoms with Crippen molar-refractivity contribution in [2.75, 3.05) is 14.2 Å². The van der Waals surface area contributed by atoms with Crippen molar-refractivity contribution < 1.29 is 9.53 Å². The minimum atomic E-state index is -0.365. The van der Waals surface area contributed by atoms with Crippen LogP contribution in [0.4, 0.5) is 0 Å². The number of nitrogens with one attached hydrogen (secondary N) is 1. The fraction of sp³-hybridized carbons (Fsp3) is 0.286. The topological polar surface area (TPSA) is 56.2 Å². The Bertz CT molecular complexity index is 546. The molecule has 0 bridgehead atoms. The maximum absolute atomic E-state index is 11.3. The SMILES string of the molecule is CNCc1cccn1Cc1ccc(C(=O)OC)cn1. The van der Waals surface area contributed by atoms with Gasteiger partial charge in [-0.2, -0.15) is 0 Å². The first-order valence-electron chi connectivity index (χ1n) is 6.06. The summed E-state index contributed by atoms with van der Waals surface area (Å²) in [5.41, 5.74) is 2.57.